The van der Waals surface area contributed by atoms with Crippen LogP contribution in [-0.4, -0.2) is 0 Å². The first-order valence-corrected chi connectivity index (χ1v) is 26.7. The zero-order chi connectivity index (χ0) is 51.3. The highest BCUT2D eigenvalue weighted by molar-refractivity contribution is 6.29. The standard InChI is InChI=1S/C72H56N2O2/c1-43(2)49-19-11-21-51(41-49)73(65-31-15-29-59-57-27-13-25-55(69(57)75-71(59)65)53-23-9-7-17-45(53)5)63-39-35-47-34-38-62-64(40-36-48-33-37-61(63)67(47)68(48)62)74(52-22-12-20-50(42-52)44(3)4)66-32-16-30-60-58-28-14-26-56(70(58)76-72(60)66)54-24-10-8-18-46(54)6/h7-44H,1-6H3. The second kappa shape index (κ2) is 17.8. The number of anilines is 6. The summed E-state index contributed by atoms with van der Waals surface area (Å²) in [5.41, 5.74) is 19.3. The Bertz CT molecular complexity index is 4300. The Hall–Kier alpha value is -9.12. The van der Waals surface area contributed by atoms with Crippen LogP contribution >= 0.6 is 0 Å². The van der Waals surface area contributed by atoms with Crippen molar-refractivity contribution in [3.05, 3.63) is 241 Å². The fourth-order valence-electron chi connectivity index (χ4n) is 12.2. The van der Waals surface area contributed by atoms with Crippen LogP contribution in [0.1, 0.15) is 61.8 Å². The Morgan fingerprint density at radius 1 is 0.303 bits per heavy atom. The van der Waals surface area contributed by atoms with Gasteiger partial charge in [0.1, 0.15) is 11.2 Å². The molecular formula is C72H56N2O2. The molecule has 0 amide bonds. The molecule has 2 aromatic heterocycles. The van der Waals surface area contributed by atoms with Gasteiger partial charge in [-0.1, -0.05) is 198 Å². The van der Waals surface area contributed by atoms with E-state index < -0.39 is 0 Å². The zero-order valence-corrected chi connectivity index (χ0v) is 43.7. The van der Waals surface area contributed by atoms with E-state index in [1.165, 1.54) is 54.9 Å². The second-order valence-electron chi connectivity index (χ2n) is 21.3. The Morgan fingerprint density at radius 2 is 0.671 bits per heavy atom. The molecule has 12 aromatic carbocycles. The Morgan fingerprint density at radius 3 is 1.09 bits per heavy atom. The van der Waals surface area contributed by atoms with Crippen molar-refractivity contribution in [2.24, 2.45) is 0 Å². The largest absolute Gasteiger partial charge is 0.453 e. The molecule has 0 unspecified atom stereocenters. The van der Waals surface area contributed by atoms with Gasteiger partial charge in [0.2, 0.25) is 0 Å². The minimum atomic E-state index is 0.338. The molecule has 0 fully saturated rings. The molecule has 14 aromatic rings. The lowest BCUT2D eigenvalue weighted by molar-refractivity contribution is 0.670. The van der Waals surface area contributed by atoms with Gasteiger partial charge in [-0.2, -0.15) is 0 Å². The predicted octanol–water partition coefficient (Wildman–Crippen LogP) is 21.5. The normalized spacial score (nSPS) is 12.1. The topological polar surface area (TPSA) is 32.8 Å². The Balaban J connectivity index is 1.02. The molecule has 4 nitrogen and oxygen atoms in total. The highest BCUT2D eigenvalue weighted by Crippen LogP contribution is 2.52. The first-order chi connectivity index (χ1) is 37.2. The smallest absolute Gasteiger partial charge is 0.159 e. The molecule has 0 aliphatic carbocycles. The summed E-state index contributed by atoms with van der Waals surface area (Å²) in [6.07, 6.45) is 0. The van der Waals surface area contributed by atoms with Crippen LogP contribution in [0.15, 0.2) is 227 Å². The Labute approximate surface area is 443 Å². The van der Waals surface area contributed by atoms with E-state index in [2.05, 4.69) is 270 Å². The number of rotatable bonds is 10. The molecule has 366 valence electrons. The fraction of sp³-hybridized carbons (Fsp3) is 0.111. The number of para-hydroxylation sites is 4. The Kier molecular flexibility index (Phi) is 10.6. The van der Waals surface area contributed by atoms with Gasteiger partial charge in [-0.05, 0) is 129 Å². The fourth-order valence-corrected chi connectivity index (χ4v) is 12.2. The minimum absolute atomic E-state index is 0.338. The average molecular weight is 981 g/mol. The summed E-state index contributed by atoms with van der Waals surface area (Å²) < 4.78 is 14.5. The van der Waals surface area contributed by atoms with Crippen LogP contribution in [0, 0.1) is 13.8 Å². The molecule has 0 aliphatic rings. The minimum Gasteiger partial charge on any atom is -0.453 e. The van der Waals surface area contributed by atoms with Gasteiger partial charge in [-0.3, -0.25) is 0 Å². The van der Waals surface area contributed by atoms with Crippen LogP contribution in [0.3, 0.4) is 0 Å². The van der Waals surface area contributed by atoms with Gasteiger partial charge in [0, 0.05) is 54.8 Å². The maximum Gasteiger partial charge on any atom is 0.159 e. The highest BCUT2D eigenvalue weighted by atomic mass is 16.3. The molecule has 76 heavy (non-hydrogen) atoms. The van der Waals surface area contributed by atoms with Crippen molar-refractivity contribution in [2.45, 2.75) is 53.4 Å². The zero-order valence-electron chi connectivity index (χ0n) is 43.7. The summed E-state index contributed by atoms with van der Waals surface area (Å²) in [4.78, 5) is 4.88. The van der Waals surface area contributed by atoms with Gasteiger partial charge in [0.05, 0.1) is 22.7 Å². The third kappa shape index (κ3) is 7.12. The van der Waals surface area contributed by atoms with E-state index in [-0.39, 0.29) is 0 Å². The number of furan rings is 2. The van der Waals surface area contributed by atoms with Crippen molar-refractivity contribution in [2.75, 3.05) is 9.80 Å². The second-order valence-corrected chi connectivity index (χ2v) is 21.3. The third-order valence-corrected chi connectivity index (χ3v) is 16.0. The van der Waals surface area contributed by atoms with E-state index in [1.807, 2.05) is 0 Å². The van der Waals surface area contributed by atoms with Crippen LogP contribution in [0.2, 0.25) is 0 Å². The molecule has 0 saturated heterocycles. The van der Waals surface area contributed by atoms with E-state index in [9.17, 15) is 0 Å². The molecule has 0 spiro atoms. The third-order valence-electron chi connectivity index (χ3n) is 16.0. The molecule has 0 atom stereocenters. The van der Waals surface area contributed by atoms with Gasteiger partial charge in [-0.15, -0.1) is 0 Å². The van der Waals surface area contributed by atoms with Gasteiger partial charge >= 0.3 is 0 Å². The summed E-state index contributed by atoms with van der Waals surface area (Å²) in [5.74, 6) is 0.676. The lowest BCUT2D eigenvalue weighted by atomic mass is 9.91. The van der Waals surface area contributed by atoms with Crippen LogP contribution in [0.4, 0.5) is 34.1 Å². The SMILES string of the molecule is Cc1ccccc1-c1cccc2c1oc1c(N(c3cccc(C(C)C)c3)c3ccc4ccc5c(N(c6cccc(C(C)C)c6)c6cccc7c6oc6c(-c8ccccc8C)cccc67)ccc6ccc3c4c65)cccc12. The van der Waals surface area contributed by atoms with Crippen LogP contribution in [0.25, 0.3) is 98.4 Å². The first kappa shape index (κ1) is 45.5. The summed E-state index contributed by atoms with van der Waals surface area (Å²) in [6, 6.07) is 80.1. The number of nitrogens with zero attached hydrogens (tertiary/aromatic N) is 2. The number of hydrogen-bond acceptors (Lipinski definition) is 4. The van der Waals surface area contributed by atoms with Crippen molar-refractivity contribution < 1.29 is 8.83 Å². The number of benzene rings is 12. The summed E-state index contributed by atoms with van der Waals surface area (Å²) in [5, 5.41) is 11.5. The van der Waals surface area contributed by atoms with Crippen molar-refractivity contribution in [3.8, 4) is 22.3 Å². The summed E-state index contributed by atoms with van der Waals surface area (Å²) in [6.45, 7) is 13.4. The molecule has 0 aliphatic heterocycles. The van der Waals surface area contributed by atoms with Crippen molar-refractivity contribution in [1.29, 1.82) is 0 Å². The van der Waals surface area contributed by atoms with Crippen molar-refractivity contribution >= 4 is 110 Å². The molecule has 0 saturated carbocycles. The highest BCUT2D eigenvalue weighted by Gasteiger charge is 2.27. The van der Waals surface area contributed by atoms with Gasteiger partial charge < -0.3 is 18.6 Å². The van der Waals surface area contributed by atoms with Gasteiger partial charge in [0.25, 0.3) is 0 Å². The molecule has 2 heterocycles. The maximum absolute atomic E-state index is 7.23. The molecule has 0 bridgehead atoms. The molecule has 0 N–H and O–H groups in total. The molecule has 4 heteroatoms. The van der Waals surface area contributed by atoms with Gasteiger partial charge in [-0.25, -0.2) is 0 Å². The van der Waals surface area contributed by atoms with Crippen LogP contribution in [-0.2, 0) is 0 Å². The number of fused-ring (bicyclic) bond motifs is 6. The van der Waals surface area contributed by atoms with Crippen molar-refractivity contribution in [1.82, 2.24) is 0 Å². The van der Waals surface area contributed by atoms with Crippen molar-refractivity contribution in [3.63, 3.8) is 0 Å². The van der Waals surface area contributed by atoms with Crippen LogP contribution in [0.5, 0.6) is 0 Å². The monoisotopic (exact) mass is 980 g/mol. The predicted molar refractivity (Wildman–Crippen MR) is 323 cm³/mol. The molecule has 14 rings (SSSR count). The lowest BCUT2D eigenvalue weighted by Crippen LogP contribution is -2.12. The van der Waals surface area contributed by atoms with Crippen LogP contribution < -0.4 is 9.80 Å². The number of hydrogen-bond donors (Lipinski definition) is 0. The summed E-state index contributed by atoms with van der Waals surface area (Å²) >= 11 is 0. The summed E-state index contributed by atoms with van der Waals surface area (Å²) in [7, 11) is 0. The quantitative estimate of drug-likeness (QED) is 0.128. The van der Waals surface area contributed by atoms with Gasteiger partial charge in [0.15, 0.2) is 11.2 Å². The molecular weight excluding hydrogens is 925 g/mol. The average Bonchev–Trinajstić information content (AvgIpc) is 4.07. The van der Waals surface area contributed by atoms with E-state index in [1.54, 1.807) is 0 Å². The van der Waals surface area contributed by atoms with E-state index in [4.69, 9.17) is 8.83 Å². The lowest BCUT2D eigenvalue weighted by Gasteiger charge is -2.30. The molecule has 0 radical (unpaired) electrons. The maximum atomic E-state index is 7.23. The van der Waals surface area contributed by atoms with E-state index >= 15 is 0 Å². The van der Waals surface area contributed by atoms with E-state index in [0.29, 0.717) is 11.8 Å². The first-order valence-electron chi connectivity index (χ1n) is 26.7. The van der Waals surface area contributed by atoms with E-state index in [0.717, 1.165) is 99.9 Å². The number of aryl methyl sites for hydroxylation is 2.